The molecule has 0 aliphatic rings. The van der Waals surface area contributed by atoms with Gasteiger partial charge in [0.2, 0.25) is 0 Å². The topological polar surface area (TPSA) is 0 Å². The van der Waals surface area contributed by atoms with E-state index in [0.29, 0.717) is 0 Å². The third-order valence-corrected chi connectivity index (χ3v) is 2.94. The van der Waals surface area contributed by atoms with Crippen molar-refractivity contribution in [3.05, 3.63) is 71.8 Å². The highest BCUT2D eigenvalue weighted by Gasteiger charge is 2.02. The first-order valence-corrected chi connectivity index (χ1v) is 6.49. The van der Waals surface area contributed by atoms with Crippen LogP contribution in [0.5, 0.6) is 0 Å². The smallest absolute Gasteiger partial charge is 0.108 e. The lowest BCUT2D eigenvalue weighted by Gasteiger charge is -2.07. The zero-order valence-corrected chi connectivity index (χ0v) is 11.1. The van der Waals surface area contributed by atoms with E-state index in [-0.39, 0.29) is 0 Å². The average molecular weight is 270 g/mol. The van der Waals surface area contributed by atoms with Gasteiger partial charge in [0.25, 0.3) is 0 Å². The monoisotopic (exact) mass is 270 g/mol. The van der Waals surface area contributed by atoms with E-state index in [9.17, 15) is 8.78 Å². The van der Waals surface area contributed by atoms with Gasteiger partial charge in [0.1, 0.15) is 13.3 Å². The van der Waals surface area contributed by atoms with Crippen LogP contribution in [0.15, 0.2) is 60.7 Å². The van der Waals surface area contributed by atoms with Crippen LogP contribution in [0.3, 0.4) is 0 Å². The molecule has 0 unspecified atom stereocenters. The minimum absolute atomic E-state index is 0.472. The van der Waals surface area contributed by atoms with Crippen molar-refractivity contribution in [2.24, 2.45) is 0 Å². The van der Waals surface area contributed by atoms with Gasteiger partial charge in [0, 0.05) is 0 Å². The molecule has 0 saturated heterocycles. The molecule has 0 saturated carbocycles. The zero-order chi connectivity index (χ0) is 14.2. The minimum atomic E-state index is -0.479. The molecule has 20 heavy (non-hydrogen) atoms. The highest BCUT2D eigenvalue weighted by molar-refractivity contribution is 5.76. The fourth-order valence-corrected chi connectivity index (χ4v) is 2.07. The first-order valence-electron chi connectivity index (χ1n) is 6.49. The van der Waals surface area contributed by atoms with Gasteiger partial charge in [-0.2, -0.15) is 0 Å². The largest absolute Gasteiger partial charge is 0.247 e. The van der Waals surface area contributed by atoms with Gasteiger partial charge in [0.15, 0.2) is 0 Å². The summed E-state index contributed by atoms with van der Waals surface area (Å²) in [6.45, 7) is -0.951. The SMILES string of the molecule is FC/C=C/c1cccc(-c2ccccc2/C=C/CF)c1. The number of rotatable bonds is 5. The summed E-state index contributed by atoms with van der Waals surface area (Å²) in [5, 5.41) is 0. The maximum Gasteiger partial charge on any atom is 0.108 e. The van der Waals surface area contributed by atoms with Crippen molar-refractivity contribution in [1.29, 1.82) is 0 Å². The molecule has 0 bridgehead atoms. The molecule has 0 aliphatic carbocycles. The Morgan fingerprint density at radius 3 is 2.35 bits per heavy atom. The van der Waals surface area contributed by atoms with Crippen LogP contribution in [0.2, 0.25) is 0 Å². The third-order valence-electron chi connectivity index (χ3n) is 2.94. The Labute approximate surface area is 118 Å². The number of allylic oxidation sites excluding steroid dienone is 2. The highest BCUT2D eigenvalue weighted by atomic mass is 19.1. The van der Waals surface area contributed by atoms with Crippen molar-refractivity contribution in [2.45, 2.75) is 0 Å². The molecule has 0 fully saturated rings. The number of hydrogen-bond acceptors (Lipinski definition) is 0. The van der Waals surface area contributed by atoms with Crippen LogP contribution >= 0.6 is 0 Å². The molecule has 0 radical (unpaired) electrons. The molecule has 2 heteroatoms. The van der Waals surface area contributed by atoms with Gasteiger partial charge >= 0.3 is 0 Å². The second-order valence-electron chi connectivity index (χ2n) is 4.33. The Morgan fingerprint density at radius 2 is 1.55 bits per heavy atom. The van der Waals surface area contributed by atoms with Crippen LogP contribution in [0, 0.1) is 0 Å². The van der Waals surface area contributed by atoms with Gasteiger partial charge in [-0.25, -0.2) is 8.78 Å². The van der Waals surface area contributed by atoms with Gasteiger partial charge in [-0.1, -0.05) is 66.8 Å². The number of hydrogen-bond donors (Lipinski definition) is 0. The molecular weight excluding hydrogens is 254 g/mol. The lowest BCUT2D eigenvalue weighted by Crippen LogP contribution is -1.84. The van der Waals surface area contributed by atoms with Crippen LogP contribution in [-0.2, 0) is 0 Å². The second kappa shape index (κ2) is 7.39. The first kappa shape index (κ1) is 14.2. The van der Waals surface area contributed by atoms with Crippen LogP contribution in [0.25, 0.3) is 23.3 Å². The van der Waals surface area contributed by atoms with Crippen molar-refractivity contribution < 1.29 is 8.78 Å². The Balaban J connectivity index is 2.41. The van der Waals surface area contributed by atoms with Crippen molar-refractivity contribution in [1.82, 2.24) is 0 Å². The summed E-state index contributed by atoms with van der Waals surface area (Å²) in [7, 11) is 0. The normalized spacial score (nSPS) is 11.5. The highest BCUT2D eigenvalue weighted by Crippen LogP contribution is 2.26. The van der Waals surface area contributed by atoms with E-state index >= 15 is 0 Å². The number of alkyl halides is 2. The van der Waals surface area contributed by atoms with Crippen LogP contribution in [0.4, 0.5) is 8.78 Å². The molecule has 0 amide bonds. The third kappa shape index (κ3) is 3.64. The quantitative estimate of drug-likeness (QED) is 0.690. The molecule has 0 spiro atoms. The number of halogens is 2. The minimum Gasteiger partial charge on any atom is -0.247 e. The first-order chi connectivity index (χ1) is 9.85. The predicted molar refractivity (Wildman–Crippen MR) is 81.9 cm³/mol. The van der Waals surface area contributed by atoms with E-state index in [1.807, 2.05) is 48.5 Å². The van der Waals surface area contributed by atoms with Crippen molar-refractivity contribution in [3.8, 4) is 11.1 Å². The Bertz CT molecular complexity index is 612. The van der Waals surface area contributed by atoms with E-state index in [0.717, 1.165) is 22.3 Å². The predicted octanol–water partition coefficient (Wildman–Crippen LogP) is 5.32. The fourth-order valence-electron chi connectivity index (χ4n) is 2.07. The standard InChI is InChI=1S/C18H16F2/c19-12-4-7-15-6-3-9-17(14-15)18-11-2-1-8-16(18)10-5-13-20/h1-11,14H,12-13H2/b7-4+,10-5+. The van der Waals surface area contributed by atoms with Gasteiger partial charge in [-0.3, -0.25) is 0 Å². The molecule has 0 nitrogen and oxygen atoms in total. The molecule has 2 rings (SSSR count). The maximum absolute atomic E-state index is 12.3. The molecule has 102 valence electrons. The molecular formula is C18H16F2. The van der Waals surface area contributed by atoms with Crippen LogP contribution in [0.1, 0.15) is 11.1 Å². The summed E-state index contributed by atoms with van der Waals surface area (Å²) in [6.07, 6.45) is 6.50. The molecule has 0 atom stereocenters. The Kier molecular flexibility index (Phi) is 5.24. The van der Waals surface area contributed by atoms with E-state index < -0.39 is 13.3 Å². The van der Waals surface area contributed by atoms with Crippen LogP contribution in [-0.4, -0.2) is 13.3 Å². The fraction of sp³-hybridized carbons (Fsp3) is 0.111. The van der Waals surface area contributed by atoms with E-state index in [4.69, 9.17) is 0 Å². The summed E-state index contributed by atoms with van der Waals surface area (Å²) < 4.78 is 24.5. The second-order valence-corrected chi connectivity index (χ2v) is 4.33. The Morgan fingerprint density at radius 1 is 0.800 bits per heavy atom. The summed E-state index contributed by atoms with van der Waals surface area (Å²) in [5.41, 5.74) is 3.99. The summed E-state index contributed by atoms with van der Waals surface area (Å²) in [4.78, 5) is 0. The average Bonchev–Trinajstić information content (AvgIpc) is 2.51. The van der Waals surface area contributed by atoms with Gasteiger partial charge < -0.3 is 0 Å². The summed E-state index contributed by atoms with van der Waals surface area (Å²) in [5.74, 6) is 0. The molecule has 2 aromatic rings. The van der Waals surface area contributed by atoms with Gasteiger partial charge in [-0.15, -0.1) is 0 Å². The lowest BCUT2D eigenvalue weighted by atomic mass is 9.98. The molecule has 0 aromatic heterocycles. The molecule has 0 N–H and O–H groups in total. The molecule has 0 heterocycles. The maximum atomic E-state index is 12.3. The Hall–Kier alpha value is -2.22. The van der Waals surface area contributed by atoms with Gasteiger partial charge in [-0.05, 0) is 28.3 Å². The van der Waals surface area contributed by atoms with Gasteiger partial charge in [0.05, 0.1) is 0 Å². The molecule has 0 aliphatic heterocycles. The summed E-state index contributed by atoms with van der Waals surface area (Å²) >= 11 is 0. The molecule has 2 aromatic carbocycles. The van der Waals surface area contributed by atoms with Crippen molar-refractivity contribution >= 4 is 12.2 Å². The van der Waals surface area contributed by atoms with E-state index in [1.54, 1.807) is 12.2 Å². The summed E-state index contributed by atoms with van der Waals surface area (Å²) in [6, 6.07) is 15.7. The lowest BCUT2D eigenvalue weighted by molar-refractivity contribution is 0.563. The van der Waals surface area contributed by atoms with Crippen molar-refractivity contribution in [3.63, 3.8) is 0 Å². The zero-order valence-electron chi connectivity index (χ0n) is 11.1. The number of benzene rings is 2. The van der Waals surface area contributed by atoms with E-state index in [1.165, 1.54) is 12.2 Å². The van der Waals surface area contributed by atoms with Crippen molar-refractivity contribution in [2.75, 3.05) is 13.3 Å². The van der Waals surface area contributed by atoms with E-state index in [2.05, 4.69) is 0 Å². The van der Waals surface area contributed by atoms with Crippen LogP contribution < -0.4 is 0 Å².